The van der Waals surface area contributed by atoms with Crippen LogP contribution in [0.2, 0.25) is 0 Å². The molecule has 0 spiro atoms. The molecule has 1 aromatic heterocycles. The molecule has 0 aliphatic carbocycles. The van der Waals surface area contributed by atoms with E-state index in [4.69, 9.17) is 0 Å². The number of aromatic nitrogens is 1. The number of anilines is 1. The zero-order chi connectivity index (χ0) is 20.5. The first-order valence-electron chi connectivity index (χ1n) is 8.50. The van der Waals surface area contributed by atoms with E-state index in [2.05, 4.69) is 4.98 Å². The van der Waals surface area contributed by atoms with Crippen molar-refractivity contribution in [3.63, 3.8) is 0 Å². The number of carbonyl (C=O) groups is 2. The van der Waals surface area contributed by atoms with Crippen molar-refractivity contribution in [1.82, 2.24) is 4.98 Å². The van der Waals surface area contributed by atoms with Crippen molar-refractivity contribution in [2.24, 2.45) is 0 Å². The normalized spacial score (nSPS) is 18.2. The summed E-state index contributed by atoms with van der Waals surface area (Å²) < 4.78 is 0. The summed E-state index contributed by atoms with van der Waals surface area (Å²) in [5.41, 5.74) is -0.0387. The molecular formula is C20H13N3O5S. The molecule has 1 atom stereocenters. The van der Waals surface area contributed by atoms with Crippen LogP contribution in [0.25, 0.3) is 5.76 Å². The van der Waals surface area contributed by atoms with E-state index >= 15 is 0 Å². The van der Waals surface area contributed by atoms with Gasteiger partial charge >= 0.3 is 5.91 Å². The Morgan fingerprint density at radius 3 is 2.45 bits per heavy atom. The SMILES string of the molecule is O=C1C(=O)N(c2nccs2)[C@@H](c2ccccc2[N+](=O)[O-])C1=C(O)c1ccccc1. The highest BCUT2D eigenvalue weighted by Crippen LogP contribution is 2.45. The molecule has 2 aromatic carbocycles. The number of nitro benzene ring substituents is 1. The van der Waals surface area contributed by atoms with E-state index < -0.39 is 28.4 Å². The fourth-order valence-corrected chi connectivity index (χ4v) is 3.96. The lowest BCUT2D eigenvalue weighted by molar-refractivity contribution is -0.385. The Labute approximate surface area is 168 Å². The van der Waals surface area contributed by atoms with Gasteiger partial charge in [0.25, 0.3) is 11.5 Å². The molecule has 3 aromatic rings. The maximum atomic E-state index is 12.9. The van der Waals surface area contributed by atoms with Gasteiger partial charge in [-0.1, -0.05) is 42.5 Å². The van der Waals surface area contributed by atoms with Crippen LogP contribution in [-0.2, 0) is 9.59 Å². The smallest absolute Gasteiger partial charge is 0.301 e. The van der Waals surface area contributed by atoms with E-state index in [1.54, 1.807) is 41.8 Å². The molecule has 1 aliphatic heterocycles. The van der Waals surface area contributed by atoms with Crippen LogP contribution in [-0.4, -0.2) is 26.7 Å². The molecule has 0 radical (unpaired) electrons. The minimum atomic E-state index is -1.18. The number of aliphatic hydroxyl groups excluding tert-OH is 1. The summed E-state index contributed by atoms with van der Waals surface area (Å²) in [6.45, 7) is 0. The first-order chi connectivity index (χ1) is 14.0. The van der Waals surface area contributed by atoms with Crippen LogP contribution in [0.15, 0.2) is 71.7 Å². The van der Waals surface area contributed by atoms with E-state index in [-0.39, 0.29) is 22.0 Å². The molecule has 9 heteroatoms. The summed E-state index contributed by atoms with van der Waals surface area (Å²) in [5, 5.41) is 24.3. The molecule has 1 saturated heterocycles. The number of ketones is 1. The standard InChI is InChI=1S/C20H13N3O5S/c24-17(12-6-2-1-3-7-12)15-16(13-8-4-5-9-14(13)23(27)28)22(19(26)18(15)25)20-21-10-11-29-20/h1-11,16,24H/t16-/m0/s1. The predicted molar refractivity (Wildman–Crippen MR) is 106 cm³/mol. The molecule has 144 valence electrons. The van der Waals surface area contributed by atoms with Gasteiger partial charge in [0.2, 0.25) is 0 Å². The number of nitrogens with zero attached hydrogens (tertiary/aromatic N) is 3. The number of thiazole rings is 1. The summed E-state index contributed by atoms with van der Waals surface area (Å²) in [4.78, 5) is 42.0. The fourth-order valence-electron chi connectivity index (χ4n) is 3.30. The van der Waals surface area contributed by atoms with Crippen LogP contribution < -0.4 is 4.90 Å². The lowest BCUT2D eigenvalue weighted by Crippen LogP contribution is -2.29. The van der Waals surface area contributed by atoms with Gasteiger partial charge in [-0.2, -0.15) is 0 Å². The van der Waals surface area contributed by atoms with Crippen LogP contribution in [0.4, 0.5) is 10.8 Å². The molecule has 0 unspecified atom stereocenters. The van der Waals surface area contributed by atoms with Gasteiger partial charge in [0, 0.05) is 23.2 Å². The third-order valence-electron chi connectivity index (χ3n) is 4.55. The number of nitro groups is 1. The largest absolute Gasteiger partial charge is 0.507 e. The summed E-state index contributed by atoms with van der Waals surface area (Å²) in [5.74, 6) is -2.23. The van der Waals surface area contributed by atoms with Crippen molar-refractivity contribution in [2.45, 2.75) is 6.04 Å². The van der Waals surface area contributed by atoms with Gasteiger partial charge < -0.3 is 5.11 Å². The van der Waals surface area contributed by atoms with Crippen LogP contribution in [0, 0.1) is 10.1 Å². The quantitative estimate of drug-likeness (QED) is 0.232. The Morgan fingerprint density at radius 2 is 1.79 bits per heavy atom. The number of hydrogen-bond donors (Lipinski definition) is 1. The topological polar surface area (TPSA) is 114 Å². The second-order valence-corrected chi connectivity index (χ2v) is 7.04. The Balaban J connectivity index is 2.01. The number of rotatable bonds is 4. The van der Waals surface area contributed by atoms with Crippen molar-refractivity contribution in [3.8, 4) is 0 Å². The van der Waals surface area contributed by atoms with Gasteiger partial charge in [0.15, 0.2) is 5.13 Å². The second kappa shape index (κ2) is 7.28. The van der Waals surface area contributed by atoms with Crippen LogP contribution in [0.5, 0.6) is 0 Å². The van der Waals surface area contributed by atoms with Gasteiger partial charge in [0.05, 0.1) is 16.1 Å². The van der Waals surface area contributed by atoms with E-state index in [9.17, 15) is 24.8 Å². The molecule has 1 fully saturated rings. The maximum Gasteiger partial charge on any atom is 0.301 e. The Bertz CT molecular complexity index is 1140. The zero-order valence-electron chi connectivity index (χ0n) is 14.8. The average Bonchev–Trinajstić information content (AvgIpc) is 3.35. The van der Waals surface area contributed by atoms with Crippen LogP contribution in [0.1, 0.15) is 17.2 Å². The molecule has 2 heterocycles. The predicted octanol–water partition coefficient (Wildman–Crippen LogP) is 3.68. The molecule has 0 saturated carbocycles. The zero-order valence-corrected chi connectivity index (χ0v) is 15.6. The molecule has 1 aliphatic rings. The van der Waals surface area contributed by atoms with Crippen molar-refractivity contribution in [1.29, 1.82) is 0 Å². The first kappa shape index (κ1) is 18.5. The molecule has 0 bridgehead atoms. The second-order valence-electron chi connectivity index (χ2n) is 6.17. The highest BCUT2D eigenvalue weighted by atomic mass is 32.1. The van der Waals surface area contributed by atoms with E-state index in [0.717, 1.165) is 16.2 Å². The number of aliphatic hydroxyl groups is 1. The summed E-state index contributed by atoms with van der Waals surface area (Å²) in [7, 11) is 0. The average molecular weight is 407 g/mol. The van der Waals surface area contributed by atoms with Crippen molar-refractivity contribution >= 4 is 39.6 Å². The molecule has 29 heavy (non-hydrogen) atoms. The van der Waals surface area contributed by atoms with E-state index in [0.29, 0.717) is 5.56 Å². The Kier molecular flexibility index (Phi) is 4.65. The summed E-state index contributed by atoms with van der Waals surface area (Å²) in [6.07, 6.45) is 1.47. The van der Waals surface area contributed by atoms with Gasteiger partial charge in [-0.25, -0.2) is 4.98 Å². The fraction of sp³-hybridized carbons (Fsp3) is 0.0500. The maximum absolute atomic E-state index is 12.9. The van der Waals surface area contributed by atoms with E-state index in [1.165, 1.54) is 24.4 Å². The molecule has 4 rings (SSSR count). The van der Waals surface area contributed by atoms with Crippen LogP contribution >= 0.6 is 11.3 Å². The highest BCUT2D eigenvalue weighted by molar-refractivity contribution is 7.14. The highest BCUT2D eigenvalue weighted by Gasteiger charge is 2.49. The number of amides is 1. The van der Waals surface area contributed by atoms with Crippen molar-refractivity contribution in [3.05, 3.63) is 93.0 Å². The third kappa shape index (κ3) is 3.07. The van der Waals surface area contributed by atoms with Gasteiger partial charge in [0.1, 0.15) is 11.8 Å². The number of hydrogen-bond acceptors (Lipinski definition) is 7. The number of carbonyl (C=O) groups excluding carboxylic acids is 2. The number of Topliss-reactive ketones (excluding diaryl/α,β-unsaturated/α-hetero) is 1. The summed E-state index contributed by atoms with van der Waals surface area (Å²) in [6, 6.07) is 12.9. The Hall–Kier alpha value is -3.85. The monoisotopic (exact) mass is 407 g/mol. The third-order valence-corrected chi connectivity index (χ3v) is 5.32. The minimum absolute atomic E-state index is 0.115. The van der Waals surface area contributed by atoms with E-state index in [1.807, 2.05) is 0 Å². The molecule has 8 nitrogen and oxygen atoms in total. The lowest BCUT2D eigenvalue weighted by atomic mass is 9.94. The first-order valence-corrected chi connectivity index (χ1v) is 9.38. The molecular weight excluding hydrogens is 394 g/mol. The lowest BCUT2D eigenvalue weighted by Gasteiger charge is -2.22. The van der Waals surface area contributed by atoms with Crippen molar-refractivity contribution in [2.75, 3.05) is 4.90 Å². The molecule has 1 amide bonds. The van der Waals surface area contributed by atoms with Gasteiger partial charge in [-0.15, -0.1) is 11.3 Å². The Morgan fingerprint density at radius 1 is 1.10 bits per heavy atom. The van der Waals surface area contributed by atoms with Gasteiger partial charge in [-0.3, -0.25) is 24.6 Å². The van der Waals surface area contributed by atoms with Crippen LogP contribution in [0.3, 0.4) is 0 Å². The minimum Gasteiger partial charge on any atom is -0.507 e. The number of benzene rings is 2. The number of para-hydroxylation sites is 1. The van der Waals surface area contributed by atoms with Gasteiger partial charge in [-0.05, 0) is 6.07 Å². The molecule has 1 N–H and O–H groups in total. The summed E-state index contributed by atoms with van der Waals surface area (Å²) >= 11 is 1.12. The van der Waals surface area contributed by atoms with Crippen molar-refractivity contribution < 1.29 is 19.6 Å².